The third-order valence-corrected chi connectivity index (χ3v) is 5.86. The number of fused-ring (bicyclic) bond motifs is 3. The van der Waals surface area contributed by atoms with E-state index >= 15 is 0 Å². The van der Waals surface area contributed by atoms with Crippen molar-refractivity contribution in [2.24, 2.45) is 0 Å². The molecule has 0 saturated heterocycles. The third kappa shape index (κ3) is 2.62. The zero-order chi connectivity index (χ0) is 17.6. The number of rotatable bonds is 1. The minimum atomic E-state index is 0.109. The Hall–Kier alpha value is -2.63. The maximum Gasteiger partial charge on any atom is 0.0991 e. The van der Waals surface area contributed by atoms with Crippen LogP contribution in [0.2, 0.25) is 0 Å². The SMILES string of the molecule is CC(C)(C)c1cccc2sc3c(-c4ccc(C#N)cc4)cccc3c12. The van der Waals surface area contributed by atoms with Crippen LogP contribution in [0.4, 0.5) is 0 Å². The average molecular weight is 341 g/mol. The smallest absolute Gasteiger partial charge is 0.0991 e. The molecule has 0 radical (unpaired) electrons. The number of nitriles is 1. The highest BCUT2D eigenvalue weighted by atomic mass is 32.1. The highest BCUT2D eigenvalue weighted by Crippen LogP contribution is 2.43. The summed E-state index contributed by atoms with van der Waals surface area (Å²) in [6.45, 7) is 6.82. The van der Waals surface area contributed by atoms with E-state index in [9.17, 15) is 0 Å². The molecule has 0 fully saturated rings. The first-order chi connectivity index (χ1) is 12.0. The minimum Gasteiger partial charge on any atom is -0.192 e. The molecule has 0 aliphatic heterocycles. The molecule has 1 heterocycles. The number of thiophene rings is 1. The van der Waals surface area contributed by atoms with Gasteiger partial charge in [-0.25, -0.2) is 0 Å². The van der Waals surface area contributed by atoms with E-state index in [2.05, 4.69) is 63.2 Å². The van der Waals surface area contributed by atoms with E-state index in [-0.39, 0.29) is 5.41 Å². The summed E-state index contributed by atoms with van der Waals surface area (Å²) in [5.41, 5.74) is 4.60. The average Bonchev–Trinajstić information content (AvgIpc) is 2.99. The van der Waals surface area contributed by atoms with Gasteiger partial charge >= 0.3 is 0 Å². The van der Waals surface area contributed by atoms with E-state index in [1.807, 2.05) is 35.6 Å². The van der Waals surface area contributed by atoms with Crippen molar-refractivity contribution >= 4 is 31.5 Å². The first-order valence-corrected chi connectivity index (χ1v) is 9.26. The molecule has 0 saturated carbocycles. The lowest BCUT2D eigenvalue weighted by Gasteiger charge is -2.20. The van der Waals surface area contributed by atoms with Gasteiger partial charge in [0.2, 0.25) is 0 Å². The molecular weight excluding hydrogens is 322 g/mol. The summed E-state index contributed by atoms with van der Waals surface area (Å²) >= 11 is 1.86. The van der Waals surface area contributed by atoms with Crippen molar-refractivity contribution in [1.82, 2.24) is 0 Å². The highest BCUT2D eigenvalue weighted by molar-refractivity contribution is 7.26. The van der Waals surface area contributed by atoms with E-state index < -0.39 is 0 Å². The highest BCUT2D eigenvalue weighted by Gasteiger charge is 2.20. The van der Waals surface area contributed by atoms with Crippen LogP contribution < -0.4 is 0 Å². The first kappa shape index (κ1) is 15.9. The molecule has 0 spiro atoms. The zero-order valence-corrected chi connectivity index (χ0v) is 15.4. The van der Waals surface area contributed by atoms with E-state index in [1.54, 1.807) is 0 Å². The minimum absolute atomic E-state index is 0.109. The quantitative estimate of drug-likeness (QED) is 0.370. The fraction of sp³-hybridized carbons (Fsp3) is 0.174. The molecule has 2 heteroatoms. The fourth-order valence-electron chi connectivity index (χ4n) is 3.42. The van der Waals surface area contributed by atoms with Crippen molar-refractivity contribution in [3.63, 3.8) is 0 Å². The van der Waals surface area contributed by atoms with Gasteiger partial charge in [0.15, 0.2) is 0 Å². The van der Waals surface area contributed by atoms with Gasteiger partial charge in [0, 0.05) is 20.2 Å². The van der Waals surface area contributed by atoms with Crippen LogP contribution in [0, 0.1) is 11.3 Å². The molecule has 0 bridgehead atoms. The van der Waals surface area contributed by atoms with E-state index in [0.29, 0.717) is 5.56 Å². The Morgan fingerprint density at radius 1 is 0.880 bits per heavy atom. The Bertz CT molecular complexity index is 1120. The van der Waals surface area contributed by atoms with Gasteiger partial charge in [-0.15, -0.1) is 11.3 Å². The monoisotopic (exact) mass is 341 g/mol. The van der Waals surface area contributed by atoms with Crippen molar-refractivity contribution in [2.75, 3.05) is 0 Å². The second-order valence-electron chi connectivity index (χ2n) is 7.40. The van der Waals surface area contributed by atoms with Crippen molar-refractivity contribution in [1.29, 1.82) is 5.26 Å². The molecule has 1 aromatic heterocycles. The Morgan fingerprint density at radius 3 is 2.28 bits per heavy atom. The van der Waals surface area contributed by atoms with Gasteiger partial charge in [-0.05, 0) is 40.3 Å². The Balaban J connectivity index is 2.04. The molecule has 0 aliphatic rings. The molecule has 4 aromatic rings. The van der Waals surface area contributed by atoms with E-state index in [0.717, 1.165) is 5.56 Å². The molecule has 0 atom stereocenters. The van der Waals surface area contributed by atoms with Gasteiger partial charge in [-0.2, -0.15) is 5.26 Å². The summed E-state index contributed by atoms with van der Waals surface area (Å²) in [5.74, 6) is 0. The summed E-state index contributed by atoms with van der Waals surface area (Å²) in [4.78, 5) is 0. The molecule has 1 nitrogen and oxygen atoms in total. The second kappa shape index (κ2) is 5.72. The standard InChI is InChI=1S/C23H19NS/c1-23(2,3)19-8-5-9-20-21(19)18-7-4-6-17(22(18)25-20)16-12-10-15(14-24)11-13-16/h4-13H,1-3H3. The lowest BCUT2D eigenvalue weighted by molar-refractivity contribution is 0.596. The van der Waals surface area contributed by atoms with Crippen LogP contribution in [-0.2, 0) is 5.41 Å². The molecule has 25 heavy (non-hydrogen) atoms. The van der Waals surface area contributed by atoms with Crippen molar-refractivity contribution in [2.45, 2.75) is 26.2 Å². The molecule has 122 valence electrons. The lowest BCUT2D eigenvalue weighted by atomic mass is 9.84. The van der Waals surface area contributed by atoms with Gasteiger partial charge in [0.25, 0.3) is 0 Å². The van der Waals surface area contributed by atoms with Crippen LogP contribution in [0.15, 0.2) is 60.7 Å². The fourth-order valence-corrected chi connectivity index (χ4v) is 4.69. The number of hydrogen-bond donors (Lipinski definition) is 0. The summed E-state index contributed by atoms with van der Waals surface area (Å²) in [5, 5.41) is 11.7. The molecule has 0 amide bonds. The third-order valence-electron chi connectivity index (χ3n) is 4.66. The van der Waals surface area contributed by atoms with Crippen LogP contribution >= 0.6 is 11.3 Å². The number of hydrogen-bond acceptors (Lipinski definition) is 2. The van der Waals surface area contributed by atoms with Gasteiger partial charge < -0.3 is 0 Å². The van der Waals surface area contributed by atoms with Gasteiger partial charge in [-0.3, -0.25) is 0 Å². The summed E-state index contributed by atoms with van der Waals surface area (Å²) < 4.78 is 2.66. The van der Waals surface area contributed by atoms with Crippen LogP contribution in [0.3, 0.4) is 0 Å². The summed E-state index contributed by atoms with van der Waals surface area (Å²) in [6, 6.07) is 23.2. The Kier molecular flexibility index (Phi) is 3.63. The van der Waals surface area contributed by atoms with Crippen LogP contribution in [0.5, 0.6) is 0 Å². The number of nitrogens with zero attached hydrogens (tertiary/aromatic N) is 1. The van der Waals surface area contributed by atoms with Gasteiger partial charge in [0.05, 0.1) is 11.6 Å². The van der Waals surface area contributed by atoms with Crippen LogP contribution in [0.25, 0.3) is 31.3 Å². The maximum atomic E-state index is 9.02. The lowest BCUT2D eigenvalue weighted by Crippen LogP contribution is -2.11. The first-order valence-electron chi connectivity index (χ1n) is 8.44. The predicted octanol–water partition coefficient (Wildman–Crippen LogP) is 6.89. The maximum absolute atomic E-state index is 9.02. The van der Waals surface area contributed by atoms with E-state index in [4.69, 9.17) is 5.26 Å². The van der Waals surface area contributed by atoms with Gasteiger partial charge in [-0.1, -0.05) is 63.2 Å². The zero-order valence-electron chi connectivity index (χ0n) is 14.6. The summed E-state index contributed by atoms with van der Waals surface area (Å²) in [7, 11) is 0. The Labute approximate surface area is 152 Å². The summed E-state index contributed by atoms with van der Waals surface area (Å²) in [6.07, 6.45) is 0. The second-order valence-corrected chi connectivity index (χ2v) is 8.45. The topological polar surface area (TPSA) is 23.8 Å². The number of benzene rings is 3. The molecule has 0 aliphatic carbocycles. The predicted molar refractivity (Wildman–Crippen MR) is 108 cm³/mol. The Morgan fingerprint density at radius 2 is 1.60 bits per heavy atom. The van der Waals surface area contributed by atoms with Crippen molar-refractivity contribution in [3.05, 3.63) is 71.8 Å². The van der Waals surface area contributed by atoms with E-state index in [1.165, 1.54) is 31.3 Å². The van der Waals surface area contributed by atoms with Crippen LogP contribution in [0.1, 0.15) is 31.9 Å². The van der Waals surface area contributed by atoms with Gasteiger partial charge in [0.1, 0.15) is 0 Å². The van der Waals surface area contributed by atoms with Crippen molar-refractivity contribution < 1.29 is 0 Å². The largest absolute Gasteiger partial charge is 0.192 e. The molecule has 3 aromatic carbocycles. The molecule has 0 N–H and O–H groups in total. The van der Waals surface area contributed by atoms with Crippen LogP contribution in [-0.4, -0.2) is 0 Å². The molecule has 4 rings (SSSR count). The molecule has 0 unspecified atom stereocenters. The molecular formula is C23H19NS. The van der Waals surface area contributed by atoms with Crippen molar-refractivity contribution in [3.8, 4) is 17.2 Å². The normalized spacial score (nSPS) is 11.8.